The molecule has 0 aliphatic heterocycles. The summed E-state index contributed by atoms with van der Waals surface area (Å²) in [5.41, 5.74) is 2.20. The van der Waals surface area contributed by atoms with Crippen LogP contribution in [0.3, 0.4) is 0 Å². The summed E-state index contributed by atoms with van der Waals surface area (Å²) >= 11 is 0. The number of hydrogen-bond acceptors (Lipinski definition) is 3. The maximum Gasteiger partial charge on any atom is 0.153 e. The molecule has 0 saturated heterocycles. The van der Waals surface area contributed by atoms with Crippen LogP contribution in [-0.2, 0) is 0 Å². The number of benzene rings is 1. The Morgan fingerprint density at radius 3 is 2.12 bits per heavy atom. The molecule has 0 N–H and O–H groups in total. The van der Waals surface area contributed by atoms with E-state index in [1.54, 1.807) is 4.68 Å². The quantitative estimate of drug-likeness (QED) is 0.760. The van der Waals surface area contributed by atoms with Crippen molar-refractivity contribution in [2.45, 2.75) is 41.5 Å². The van der Waals surface area contributed by atoms with E-state index in [1.165, 1.54) is 5.56 Å². The molecule has 4 nitrogen and oxygen atoms in total. The lowest BCUT2D eigenvalue weighted by Gasteiger charge is -2.01. The molecule has 4 heteroatoms. The van der Waals surface area contributed by atoms with E-state index in [0.717, 1.165) is 11.5 Å². The topological polar surface area (TPSA) is 43.6 Å². The van der Waals surface area contributed by atoms with Gasteiger partial charge in [0.25, 0.3) is 0 Å². The molecular weight excluding hydrogens is 212 g/mol. The number of hydrogen-bond donors (Lipinski definition) is 0. The van der Waals surface area contributed by atoms with Crippen LogP contribution in [0.15, 0.2) is 24.3 Å². The molecule has 94 valence electrons. The maximum absolute atomic E-state index is 3.88. The highest BCUT2D eigenvalue weighted by Gasteiger charge is 2.01. The molecule has 2 aromatic rings. The normalized spacial score (nSPS) is 8.59. The second kappa shape index (κ2) is 8.44. The Balaban J connectivity index is 0.000000581. The summed E-state index contributed by atoms with van der Waals surface area (Å²) < 4.78 is 1.72. The Morgan fingerprint density at radius 1 is 1.00 bits per heavy atom. The van der Waals surface area contributed by atoms with Gasteiger partial charge >= 0.3 is 0 Å². The smallest absolute Gasteiger partial charge is 0.153 e. The number of tetrazole rings is 1. The van der Waals surface area contributed by atoms with E-state index in [1.807, 2.05) is 65.8 Å². The van der Waals surface area contributed by atoms with Gasteiger partial charge in [0.2, 0.25) is 0 Å². The van der Waals surface area contributed by atoms with Gasteiger partial charge in [-0.25, -0.2) is 0 Å². The Kier molecular flexibility index (Phi) is 7.59. The average Bonchev–Trinajstić information content (AvgIpc) is 2.81. The van der Waals surface area contributed by atoms with Crippen molar-refractivity contribution in [2.24, 2.45) is 0 Å². The largest absolute Gasteiger partial charge is 0.198 e. The average molecular weight is 234 g/mol. The zero-order valence-electron chi connectivity index (χ0n) is 11.6. The fraction of sp³-hybridized carbons (Fsp3) is 0.462. The molecule has 0 unspecified atom stereocenters. The molecule has 0 aliphatic carbocycles. The zero-order valence-corrected chi connectivity index (χ0v) is 11.6. The van der Waals surface area contributed by atoms with E-state index in [-0.39, 0.29) is 0 Å². The fourth-order valence-corrected chi connectivity index (χ4v) is 1.23. The zero-order chi connectivity index (χ0) is 13.3. The van der Waals surface area contributed by atoms with Crippen LogP contribution in [0.2, 0.25) is 0 Å². The van der Waals surface area contributed by atoms with E-state index in [0.29, 0.717) is 0 Å². The number of aryl methyl sites for hydroxylation is 2. The Morgan fingerprint density at radius 2 is 1.65 bits per heavy atom. The first-order valence-electron chi connectivity index (χ1n) is 6.09. The standard InChI is InChI=1S/C9H10N4.2C2H6/c1-7-4-3-5-9(6-7)13-8(2)10-11-12-13;2*1-2/h3-6H,1-2H3;2*1-2H3. The lowest BCUT2D eigenvalue weighted by atomic mass is 10.2. The number of nitrogens with zero attached hydrogens (tertiary/aromatic N) is 4. The van der Waals surface area contributed by atoms with Gasteiger partial charge in [-0.3, -0.25) is 0 Å². The van der Waals surface area contributed by atoms with Crippen molar-refractivity contribution in [3.8, 4) is 5.69 Å². The SMILES string of the molecule is CC.CC.Cc1cccc(-n2nnnc2C)c1. The third-order valence-corrected chi connectivity index (χ3v) is 1.87. The molecule has 0 amide bonds. The van der Waals surface area contributed by atoms with Crippen LogP contribution in [-0.4, -0.2) is 20.2 Å². The van der Waals surface area contributed by atoms with Crippen LogP contribution in [0, 0.1) is 13.8 Å². The molecule has 0 fully saturated rings. The van der Waals surface area contributed by atoms with E-state index in [2.05, 4.69) is 15.5 Å². The minimum atomic E-state index is 0.797. The molecule has 1 heterocycles. The first-order valence-corrected chi connectivity index (χ1v) is 6.09. The van der Waals surface area contributed by atoms with Gasteiger partial charge < -0.3 is 0 Å². The number of rotatable bonds is 1. The summed E-state index contributed by atoms with van der Waals surface area (Å²) in [6.45, 7) is 11.9. The van der Waals surface area contributed by atoms with Gasteiger partial charge in [-0.05, 0) is 42.0 Å². The first kappa shape index (κ1) is 15.3. The van der Waals surface area contributed by atoms with E-state index in [4.69, 9.17) is 0 Å². The maximum atomic E-state index is 3.88. The summed E-state index contributed by atoms with van der Waals surface area (Å²) in [4.78, 5) is 0. The van der Waals surface area contributed by atoms with Crippen molar-refractivity contribution in [3.63, 3.8) is 0 Å². The van der Waals surface area contributed by atoms with Crippen molar-refractivity contribution in [2.75, 3.05) is 0 Å². The lowest BCUT2D eigenvalue weighted by molar-refractivity contribution is 0.779. The highest BCUT2D eigenvalue weighted by Crippen LogP contribution is 2.08. The molecule has 0 atom stereocenters. The molecule has 0 saturated carbocycles. The highest BCUT2D eigenvalue weighted by atomic mass is 15.5. The second-order valence-electron chi connectivity index (χ2n) is 2.98. The van der Waals surface area contributed by atoms with Crippen LogP contribution in [0.4, 0.5) is 0 Å². The van der Waals surface area contributed by atoms with Crippen molar-refractivity contribution in [1.82, 2.24) is 20.2 Å². The third kappa shape index (κ3) is 4.34. The summed E-state index contributed by atoms with van der Waals surface area (Å²) in [6, 6.07) is 8.06. The summed E-state index contributed by atoms with van der Waals surface area (Å²) in [7, 11) is 0. The number of aromatic nitrogens is 4. The van der Waals surface area contributed by atoms with E-state index in [9.17, 15) is 0 Å². The highest BCUT2D eigenvalue weighted by molar-refractivity contribution is 5.34. The molecule has 0 aliphatic rings. The molecule has 1 aromatic carbocycles. The monoisotopic (exact) mass is 234 g/mol. The molecule has 1 aromatic heterocycles. The van der Waals surface area contributed by atoms with E-state index >= 15 is 0 Å². The van der Waals surface area contributed by atoms with Crippen molar-refractivity contribution in [3.05, 3.63) is 35.7 Å². The van der Waals surface area contributed by atoms with Gasteiger partial charge in [0.05, 0.1) is 5.69 Å². The van der Waals surface area contributed by atoms with Gasteiger partial charge in [-0.1, -0.05) is 39.8 Å². The Bertz CT molecular complexity index is 421. The molecule has 2 rings (SSSR count). The Hall–Kier alpha value is -1.71. The van der Waals surface area contributed by atoms with Crippen LogP contribution in [0.1, 0.15) is 39.1 Å². The summed E-state index contributed by atoms with van der Waals surface area (Å²) in [6.07, 6.45) is 0. The van der Waals surface area contributed by atoms with Crippen LogP contribution < -0.4 is 0 Å². The molecule has 17 heavy (non-hydrogen) atoms. The third-order valence-electron chi connectivity index (χ3n) is 1.87. The van der Waals surface area contributed by atoms with Gasteiger partial charge in [0.1, 0.15) is 0 Å². The van der Waals surface area contributed by atoms with E-state index < -0.39 is 0 Å². The van der Waals surface area contributed by atoms with Crippen molar-refractivity contribution in [1.29, 1.82) is 0 Å². The second-order valence-corrected chi connectivity index (χ2v) is 2.98. The van der Waals surface area contributed by atoms with Gasteiger partial charge in [0.15, 0.2) is 5.82 Å². The van der Waals surface area contributed by atoms with Gasteiger partial charge in [-0.2, -0.15) is 4.68 Å². The van der Waals surface area contributed by atoms with Crippen molar-refractivity contribution < 1.29 is 0 Å². The molecule has 0 spiro atoms. The summed E-state index contributed by atoms with van der Waals surface area (Å²) in [5, 5.41) is 11.3. The molecular formula is C13H22N4. The predicted octanol–water partition coefficient (Wildman–Crippen LogP) is 3.33. The van der Waals surface area contributed by atoms with Crippen LogP contribution in [0.25, 0.3) is 5.69 Å². The molecule has 0 bridgehead atoms. The lowest BCUT2D eigenvalue weighted by Crippen LogP contribution is -1.99. The minimum Gasteiger partial charge on any atom is -0.198 e. The first-order chi connectivity index (χ1) is 8.27. The predicted molar refractivity (Wildman–Crippen MR) is 71.3 cm³/mol. The molecule has 0 radical (unpaired) electrons. The van der Waals surface area contributed by atoms with Gasteiger partial charge in [-0.15, -0.1) is 5.10 Å². The van der Waals surface area contributed by atoms with Crippen molar-refractivity contribution >= 4 is 0 Å². The van der Waals surface area contributed by atoms with Gasteiger partial charge in [0, 0.05) is 0 Å². The summed E-state index contributed by atoms with van der Waals surface area (Å²) in [5.74, 6) is 0.797. The Labute approximate surface area is 104 Å². The minimum absolute atomic E-state index is 0.797. The van der Waals surface area contributed by atoms with Crippen LogP contribution >= 0.6 is 0 Å². The fourth-order valence-electron chi connectivity index (χ4n) is 1.23. The van der Waals surface area contributed by atoms with Crippen LogP contribution in [0.5, 0.6) is 0 Å².